The Morgan fingerprint density at radius 1 is 1.11 bits per heavy atom. The lowest BCUT2D eigenvalue weighted by atomic mass is 10.2. The number of hydrogen-bond acceptors (Lipinski definition) is 6. The van der Waals surface area contributed by atoms with E-state index >= 15 is 0 Å². The van der Waals surface area contributed by atoms with Crippen molar-refractivity contribution in [3.63, 3.8) is 0 Å². The first-order valence-corrected chi connectivity index (χ1v) is 11.4. The summed E-state index contributed by atoms with van der Waals surface area (Å²) in [7, 11) is 0. The smallest absolute Gasteiger partial charge is 0.417 e. The molecule has 13 heteroatoms. The lowest BCUT2D eigenvalue weighted by Crippen LogP contribution is -2.27. The van der Waals surface area contributed by atoms with Crippen LogP contribution in [0.3, 0.4) is 0 Å². The quantitative estimate of drug-likeness (QED) is 0.302. The first-order chi connectivity index (χ1) is 16.6. The number of imidazole rings is 1. The number of benzene rings is 1. The normalized spacial score (nSPS) is 16.2. The molecule has 0 saturated carbocycles. The molecule has 0 bridgehead atoms. The molecule has 1 atom stereocenters. The summed E-state index contributed by atoms with van der Waals surface area (Å²) in [5.74, 6) is 0.481. The lowest BCUT2D eigenvalue weighted by molar-refractivity contribution is -0.137. The molecule has 7 nitrogen and oxygen atoms in total. The largest absolute Gasteiger partial charge is 0.490 e. The van der Waals surface area contributed by atoms with Gasteiger partial charge in [0.1, 0.15) is 18.1 Å². The van der Waals surface area contributed by atoms with Gasteiger partial charge in [0, 0.05) is 24.2 Å². The second-order valence-corrected chi connectivity index (χ2v) is 9.13. The number of allylic oxidation sites excluding steroid dienone is 1. The average molecular weight is 545 g/mol. The fourth-order valence-corrected chi connectivity index (χ4v) is 4.37. The molecule has 1 N–H and O–H groups in total. The monoisotopic (exact) mass is 543 g/mol. The Kier molecular flexibility index (Phi) is 6.06. The van der Waals surface area contributed by atoms with E-state index in [1.54, 1.807) is 6.07 Å². The van der Waals surface area contributed by atoms with Gasteiger partial charge in [-0.2, -0.15) is 18.2 Å². The number of nitrogens with one attached hydrogen (secondary N) is 1. The predicted molar refractivity (Wildman–Crippen MR) is 125 cm³/mol. The van der Waals surface area contributed by atoms with Crippen LogP contribution in [0.1, 0.15) is 18.4 Å². The highest BCUT2D eigenvalue weighted by Gasteiger charge is 2.32. The number of nitrogens with zero attached hydrogens (tertiary/aromatic N) is 4. The zero-order chi connectivity index (χ0) is 24.9. The maximum Gasteiger partial charge on any atom is 0.417 e. The molecule has 5 rings (SSSR count). The number of rotatable bonds is 5. The summed E-state index contributed by atoms with van der Waals surface area (Å²) in [5.41, 5.74) is 0.693. The Labute approximate surface area is 211 Å². The Balaban J connectivity index is 1.40. The van der Waals surface area contributed by atoms with Crippen LogP contribution in [0.4, 0.5) is 13.2 Å². The molecule has 182 valence electrons. The van der Waals surface area contributed by atoms with Gasteiger partial charge in [-0.1, -0.05) is 46.5 Å². The SMILES string of the molecule is C=C1CCC(COc2cc(Cl)c(-c3nc(-c4cn5cc(C(F)(F)F)cc(Cl)c5n4)no3)cc2Cl)N1. The number of pyridine rings is 1. The number of hydrogen-bond donors (Lipinski definition) is 1. The van der Waals surface area contributed by atoms with Gasteiger partial charge in [-0.05, 0) is 25.0 Å². The van der Waals surface area contributed by atoms with Crippen LogP contribution in [0.2, 0.25) is 15.1 Å². The summed E-state index contributed by atoms with van der Waals surface area (Å²) in [5, 5.41) is 7.49. The zero-order valence-electron chi connectivity index (χ0n) is 17.7. The van der Waals surface area contributed by atoms with E-state index in [4.69, 9.17) is 44.1 Å². The minimum absolute atomic E-state index is 0.0355. The Morgan fingerprint density at radius 3 is 2.63 bits per heavy atom. The molecule has 0 aliphatic carbocycles. The average Bonchev–Trinajstić information content (AvgIpc) is 3.52. The van der Waals surface area contributed by atoms with Gasteiger partial charge in [0.05, 0.1) is 32.2 Å². The third kappa shape index (κ3) is 4.78. The highest BCUT2D eigenvalue weighted by atomic mass is 35.5. The molecule has 0 spiro atoms. The molecule has 1 aromatic carbocycles. The van der Waals surface area contributed by atoms with Crippen LogP contribution in [-0.4, -0.2) is 32.2 Å². The molecule has 1 unspecified atom stereocenters. The van der Waals surface area contributed by atoms with Crippen LogP contribution in [0, 0.1) is 0 Å². The Bertz CT molecular complexity index is 1450. The van der Waals surface area contributed by atoms with Crippen molar-refractivity contribution < 1.29 is 22.4 Å². The number of ether oxygens (including phenoxy) is 1. The fourth-order valence-electron chi connectivity index (χ4n) is 3.66. The predicted octanol–water partition coefficient (Wildman–Crippen LogP) is 6.67. The van der Waals surface area contributed by atoms with Gasteiger partial charge < -0.3 is 19.0 Å². The molecular weight excluding hydrogens is 530 g/mol. The van der Waals surface area contributed by atoms with Crippen molar-refractivity contribution in [2.24, 2.45) is 0 Å². The molecule has 4 heterocycles. The first kappa shape index (κ1) is 23.8. The lowest BCUT2D eigenvalue weighted by Gasteiger charge is -2.14. The van der Waals surface area contributed by atoms with E-state index in [0.717, 1.165) is 35.2 Å². The van der Waals surface area contributed by atoms with Gasteiger partial charge in [0.2, 0.25) is 5.82 Å². The molecule has 1 saturated heterocycles. The maximum absolute atomic E-state index is 13.1. The van der Waals surface area contributed by atoms with Crippen LogP contribution < -0.4 is 10.1 Å². The first-order valence-electron chi connectivity index (χ1n) is 10.2. The molecule has 3 aromatic heterocycles. The fraction of sp³-hybridized carbons (Fsp3) is 0.227. The summed E-state index contributed by atoms with van der Waals surface area (Å²) < 4.78 is 51.5. The summed E-state index contributed by atoms with van der Waals surface area (Å²) in [6.07, 6.45) is -0.551. The topological polar surface area (TPSA) is 77.5 Å². The van der Waals surface area contributed by atoms with E-state index in [1.165, 1.54) is 12.3 Å². The van der Waals surface area contributed by atoms with Gasteiger partial charge in [0.15, 0.2) is 5.65 Å². The molecule has 1 fully saturated rings. The minimum Gasteiger partial charge on any atom is -0.490 e. The van der Waals surface area contributed by atoms with Gasteiger partial charge in [-0.3, -0.25) is 0 Å². The number of aromatic nitrogens is 4. The molecule has 4 aromatic rings. The number of fused-ring (bicyclic) bond motifs is 1. The standard InChI is InChI=1S/C22H15Cl3F3N5O2/c1-10-2-3-12(29-10)9-34-18-6-14(23)13(5-15(18)24)21-31-19(32-35-21)17-8-33-7-11(22(26,27)28)4-16(25)20(33)30-17/h4-8,12,29H,1-3,9H2. The van der Waals surface area contributed by atoms with Crippen LogP contribution >= 0.6 is 34.8 Å². The van der Waals surface area contributed by atoms with Crippen LogP contribution in [0.5, 0.6) is 5.75 Å². The van der Waals surface area contributed by atoms with Crippen molar-refractivity contribution in [1.82, 2.24) is 24.8 Å². The summed E-state index contributed by atoms with van der Waals surface area (Å²) in [4.78, 5) is 8.49. The van der Waals surface area contributed by atoms with Crippen LogP contribution in [0.25, 0.3) is 28.6 Å². The molecule has 1 aliphatic heterocycles. The minimum atomic E-state index is -4.56. The van der Waals surface area contributed by atoms with Crippen molar-refractivity contribution in [2.75, 3.05) is 6.61 Å². The van der Waals surface area contributed by atoms with Gasteiger partial charge in [0.25, 0.3) is 5.89 Å². The van der Waals surface area contributed by atoms with Crippen molar-refractivity contribution in [3.8, 4) is 28.7 Å². The van der Waals surface area contributed by atoms with E-state index in [-0.39, 0.29) is 39.1 Å². The molecule has 0 radical (unpaired) electrons. The summed E-state index contributed by atoms with van der Waals surface area (Å²) >= 11 is 18.8. The summed E-state index contributed by atoms with van der Waals surface area (Å²) in [6, 6.07) is 4.03. The highest BCUT2D eigenvalue weighted by Crippen LogP contribution is 2.37. The van der Waals surface area contributed by atoms with E-state index in [0.29, 0.717) is 22.9 Å². The van der Waals surface area contributed by atoms with Gasteiger partial charge in [-0.15, -0.1) is 0 Å². The zero-order valence-corrected chi connectivity index (χ0v) is 19.9. The van der Waals surface area contributed by atoms with E-state index in [9.17, 15) is 13.2 Å². The van der Waals surface area contributed by atoms with E-state index in [1.807, 2.05) is 0 Å². The molecular formula is C22H15Cl3F3N5O2. The molecule has 1 aliphatic rings. The number of alkyl halides is 3. The van der Waals surface area contributed by atoms with Crippen LogP contribution in [-0.2, 0) is 6.18 Å². The highest BCUT2D eigenvalue weighted by molar-refractivity contribution is 6.36. The van der Waals surface area contributed by atoms with E-state index < -0.39 is 11.7 Å². The second-order valence-electron chi connectivity index (χ2n) is 7.91. The van der Waals surface area contributed by atoms with Gasteiger partial charge in [-0.25, -0.2) is 4.98 Å². The third-order valence-electron chi connectivity index (χ3n) is 5.38. The van der Waals surface area contributed by atoms with Crippen molar-refractivity contribution in [1.29, 1.82) is 0 Å². The maximum atomic E-state index is 13.1. The Hall–Kier alpha value is -2.95. The van der Waals surface area contributed by atoms with Crippen LogP contribution in [0.15, 0.2) is 47.4 Å². The van der Waals surface area contributed by atoms with Crippen molar-refractivity contribution >= 4 is 40.4 Å². The van der Waals surface area contributed by atoms with Gasteiger partial charge >= 0.3 is 6.18 Å². The number of halogens is 6. The van der Waals surface area contributed by atoms with Crippen molar-refractivity contribution in [3.05, 3.63) is 63.5 Å². The molecule has 35 heavy (non-hydrogen) atoms. The molecule has 0 amide bonds. The summed E-state index contributed by atoms with van der Waals surface area (Å²) in [6.45, 7) is 4.29. The third-order valence-corrected chi connectivity index (χ3v) is 6.27. The second kappa shape index (κ2) is 8.92. The Morgan fingerprint density at radius 2 is 1.91 bits per heavy atom. The van der Waals surface area contributed by atoms with E-state index in [2.05, 4.69) is 27.0 Å². The van der Waals surface area contributed by atoms with Crippen molar-refractivity contribution in [2.45, 2.75) is 25.1 Å².